The number of rotatable bonds is 3. The molecule has 0 fully saturated rings. The molecular formula is C13H20N2. The van der Waals surface area contributed by atoms with Crippen molar-refractivity contribution in [3.63, 3.8) is 0 Å². The molecule has 0 aromatic heterocycles. The summed E-state index contributed by atoms with van der Waals surface area (Å²) >= 11 is 0. The first kappa shape index (κ1) is 13.4. The van der Waals surface area contributed by atoms with E-state index in [2.05, 4.69) is 23.7 Å². The van der Waals surface area contributed by atoms with Crippen molar-refractivity contribution < 1.29 is 0 Å². The highest BCUT2D eigenvalue weighted by Gasteiger charge is 1.88. The standard InChI is InChI=1S/C10H14N2.C3H6/c1-9(11)12-8-7-10-5-3-2-4-6-10;1-3-2/h2-6H,7-8H2,1H3,(H2,11,12);3H,1H2,2H3. The molecule has 0 amide bonds. The Kier molecular flexibility index (Phi) is 8.06. The predicted molar refractivity (Wildman–Crippen MR) is 68.2 cm³/mol. The summed E-state index contributed by atoms with van der Waals surface area (Å²) in [5.74, 6) is 0.658. The van der Waals surface area contributed by atoms with Crippen molar-refractivity contribution in [3.05, 3.63) is 48.6 Å². The van der Waals surface area contributed by atoms with Crippen LogP contribution in [0.3, 0.4) is 0 Å². The maximum Gasteiger partial charge on any atom is 0.0905 e. The van der Waals surface area contributed by atoms with Crippen LogP contribution in [0.4, 0.5) is 0 Å². The molecule has 1 aromatic rings. The van der Waals surface area contributed by atoms with E-state index in [1.54, 1.807) is 6.08 Å². The molecule has 0 spiro atoms. The fourth-order valence-electron chi connectivity index (χ4n) is 1.01. The van der Waals surface area contributed by atoms with E-state index in [-0.39, 0.29) is 0 Å². The third kappa shape index (κ3) is 8.75. The maximum absolute atomic E-state index is 5.41. The van der Waals surface area contributed by atoms with Gasteiger partial charge in [0.25, 0.3) is 0 Å². The number of aliphatic imine (C=N–C) groups is 1. The lowest BCUT2D eigenvalue weighted by Gasteiger charge is -1.96. The first-order chi connectivity index (χ1) is 7.20. The van der Waals surface area contributed by atoms with Gasteiger partial charge in [0.1, 0.15) is 0 Å². The normalized spacial score (nSPS) is 10.1. The second kappa shape index (κ2) is 9.00. The quantitative estimate of drug-likeness (QED) is 0.459. The zero-order chi connectivity index (χ0) is 11.5. The molecule has 15 heavy (non-hydrogen) atoms. The van der Waals surface area contributed by atoms with Gasteiger partial charge in [-0.1, -0.05) is 36.4 Å². The van der Waals surface area contributed by atoms with E-state index in [0.29, 0.717) is 5.84 Å². The average Bonchev–Trinajstić information content (AvgIpc) is 2.20. The molecule has 0 heterocycles. The van der Waals surface area contributed by atoms with E-state index in [1.807, 2.05) is 32.0 Å². The third-order valence-corrected chi connectivity index (χ3v) is 1.60. The highest BCUT2D eigenvalue weighted by Crippen LogP contribution is 1.98. The van der Waals surface area contributed by atoms with E-state index in [0.717, 1.165) is 13.0 Å². The summed E-state index contributed by atoms with van der Waals surface area (Å²) in [7, 11) is 0. The number of hydrogen-bond donors (Lipinski definition) is 1. The van der Waals surface area contributed by atoms with Crippen LogP contribution in [-0.4, -0.2) is 12.4 Å². The van der Waals surface area contributed by atoms with Gasteiger partial charge in [0.15, 0.2) is 0 Å². The summed E-state index contributed by atoms with van der Waals surface area (Å²) in [5, 5.41) is 0. The molecule has 0 saturated heterocycles. The van der Waals surface area contributed by atoms with E-state index in [9.17, 15) is 0 Å². The Bertz CT molecular complexity index is 285. The Morgan fingerprint density at radius 3 is 2.40 bits per heavy atom. The molecule has 2 heteroatoms. The molecule has 0 atom stereocenters. The van der Waals surface area contributed by atoms with E-state index >= 15 is 0 Å². The van der Waals surface area contributed by atoms with Gasteiger partial charge in [-0.25, -0.2) is 0 Å². The first-order valence-electron chi connectivity index (χ1n) is 5.08. The molecule has 2 nitrogen and oxygen atoms in total. The number of hydrogen-bond acceptors (Lipinski definition) is 1. The molecule has 0 radical (unpaired) electrons. The number of nitrogens with two attached hydrogens (primary N) is 1. The first-order valence-corrected chi connectivity index (χ1v) is 5.08. The molecular weight excluding hydrogens is 184 g/mol. The smallest absolute Gasteiger partial charge is 0.0905 e. The predicted octanol–water partition coefficient (Wildman–Crippen LogP) is 2.80. The van der Waals surface area contributed by atoms with Crippen LogP contribution in [0.1, 0.15) is 19.4 Å². The third-order valence-electron chi connectivity index (χ3n) is 1.60. The van der Waals surface area contributed by atoms with E-state index in [1.165, 1.54) is 5.56 Å². The van der Waals surface area contributed by atoms with Gasteiger partial charge < -0.3 is 5.73 Å². The van der Waals surface area contributed by atoms with Crippen molar-refractivity contribution >= 4 is 5.84 Å². The van der Waals surface area contributed by atoms with Crippen LogP contribution in [-0.2, 0) is 6.42 Å². The van der Waals surface area contributed by atoms with Crippen LogP contribution >= 0.6 is 0 Å². The fourth-order valence-corrected chi connectivity index (χ4v) is 1.01. The Morgan fingerprint density at radius 2 is 1.93 bits per heavy atom. The minimum absolute atomic E-state index is 0.658. The summed E-state index contributed by atoms with van der Waals surface area (Å²) in [5.41, 5.74) is 6.71. The van der Waals surface area contributed by atoms with Gasteiger partial charge in [0.2, 0.25) is 0 Å². The molecule has 1 rings (SSSR count). The van der Waals surface area contributed by atoms with Crippen molar-refractivity contribution in [2.24, 2.45) is 10.7 Å². The average molecular weight is 204 g/mol. The van der Waals surface area contributed by atoms with Gasteiger partial charge in [0, 0.05) is 6.54 Å². The molecule has 1 aromatic carbocycles. The summed E-state index contributed by atoms with van der Waals surface area (Å²) in [6.45, 7) is 7.84. The number of amidine groups is 1. The van der Waals surface area contributed by atoms with Gasteiger partial charge in [-0.2, -0.15) is 0 Å². The SMILES string of the molecule is C=CC.CC(N)=NCCc1ccccc1. The van der Waals surface area contributed by atoms with E-state index < -0.39 is 0 Å². The second-order valence-corrected chi connectivity index (χ2v) is 3.17. The molecule has 0 bridgehead atoms. The molecule has 82 valence electrons. The van der Waals surface area contributed by atoms with Gasteiger partial charge >= 0.3 is 0 Å². The van der Waals surface area contributed by atoms with Crippen molar-refractivity contribution in [2.75, 3.05) is 6.54 Å². The topological polar surface area (TPSA) is 38.4 Å². The fraction of sp³-hybridized carbons (Fsp3) is 0.308. The summed E-state index contributed by atoms with van der Waals surface area (Å²) in [6, 6.07) is 10.3. The largest absolute Gasteiger partial charge is 0.388 e. The molecule has 0 saturated carbocycles. The zero-order valence-corrected chi connectivity index (χ0v) is 9.61. The minimum atomic E-state index is 0.658. The van der Waals surface area contributed by atoms with Crippen LogP contribution in [0.5, 0.6) is 0 Å². The van der Waals surface area contributed by atoms with Crippen molar-refractivity contribution in [1.29, 1.82) is 0 Å². The monoisotopic (exact) mass is 204 g/mol. The molecule has 2 N–H and O–H groups in total. The molecule has 0 aliphatic carbocycles. The Balaban J connectivity index is 0.000000583. The van der Waals surface area contributed by atoms with E-state index in [4.69, 9.17) is 5.73 Å². The van der Waals surface area contributed by atoms with Crippen LogP contribution < -0.4 is 5.73 Å². The molecule has 0 aliphatic heterocycles. The van der Waals surface area contributed by atoms with Crippen LogP contribution in [0.25, 0.3) is 0 Å². The number of allylic oxidation sites excluding steroid dienone is 1. The second-order valence-electron chi connectivity index (χ2n) is 3.17. The summed E-state index contributed by atoms with van der Waals surface area (Å²) in [6.07, 6.45) is 2.72. The van der Waals surface area contributed by atoms with Crippen molar-refractivity contribution in [2.45, 2.75) is 20.3 Å². The van der Waals surface area contributed by atoms with Gasteiger partial charge in [-0.05, 0) is 25.8 Å². The summed E-state index contributed by atoms with van der Waals surface area (Å²) < 4.78 is 0. The van der Waals surface area contributed by atoms with Crippen LogP contribution in [0.15, 0.2) is 48.0 Å². The number of nitrogens with zero attached hydrogens (tertiary/aromatic N) is 1. The summed E-state index contributed by atoms with van der Waals surface area (Å²) in [4.78, 5) is 4.11. The highest BCUT2D eigenvalue weighted by atomic mass is 14.8. The highest BCUT2D eigenvalue weighted by molar-refractivity contribution is 5.77. The zero-order valence-electron chi connectivity index (χ0n) is 9.61. The van der Waals surface area contributed by atoms with Gasteiger partial charge in [0.05, 0.1) is 5.84 Å². The Labute approximate surface area is 92.5 Å². The lowest BCUT2D eigenvalue weighted by molar-refractivity contribution is 0.964. The lowest BCUT2D eigenvalue weighted by Crippen LogP contribution is -2.06. The number of benzene rings is 1. The Morgan fingerprint density at radius 1 is 1.40 bits per heavy atom. The lowest BCUT2D eigenvalue weighted by atomic mass is 10.2. The van der Waals surface area contributed by atoms with Crippen molar-refractivity contribution in [1.82, 2.24) is 0 Å². The Hall–Kier alpha value is -1.57. The van der Waals surface area contributed by atoms with Crippen LogP contribution in [0.2, 0.25) is 0 Å². The van der Waals surface area contributed by atoms with Gasteiger partial charge in [-0.15, -0.1) is 6.58 Å². The van der Waals surface area contributed by atoms with Crippen molar-refractivity contribution in [3.8, 4) is 0 Å². The maximum atomic E-state index is 5.41. The van der Waals surface area contributed by atoms with Crippen LogP contribution in [0, 0.1) is 0 Å². The molecule has 0 aliphatic rings. The minimum Gasteiger partial charge on any atom is -0.388 e. The van der Waals surface area contributed by atoms with Gasteiger partial charge in [-0.3, -0.25) is 4.99 Å². The molecule has 0 unspecified atom stereocenters.